The monoisotopic (exact) mass is 307 g/mol. The predicted octanol–water partition coefficient (Wildman–Crippen LogP) is -0.0978. The highest BCUT2D eigenvalue weighted by molar-refractivity contribution is 7.91. The van der Waals surface area contributed by atoms with Crippen molar-refractivity contribution in [2.45, 2.75) is 37.1 Å². The molecule has 0 fully saturated rings. The molecule has 1 amide bonds. The highest BCUT2D eigenvalue weighted by Gasteiger charge is 2.21. The number of nitrogens with one attached hydrogen (secondary N) is 2. The van der Waals surface area contributed by atoms with Gasteiger partial charge in [0.25, 0.3) is 10.0 Å². The number of amides is 1. The maximum absolute atomic E-state index is 11.9. The van der Waals surface area contributed by atoms with Crippen LogP contribution in [0.5, 0.6) is 0 Å². The van der Waals surface area contributed by atoms with Gasteiger partial charge < -0.3 is 11.1 Å². The number of carbonyl (C=O) groups excluding carboxylic acids is 1. The Balaban J connectivity index is 2.66. The van der Waals surface area contributed by atoms with Crippen LogP contribution in [-0.4, -0.2) is 37.1 Å². The molecular formula is C9H17N5O3S2. The van der Waals surface area contributed by atoms with Crippen molar-refractivity contribution in [3.05, 3.63) is 0 Å². The number of anilines is 1. The molecule has 108 valence electrons. The second kappa shape index (κ2) is 6.89. The summed E-state index contributed by atoms with van der Waals surface area (Å²) in [6.07, 6.45) is 1.62. The van der Waals surface area contributed by atoms with E-state index in [1.807, 2.05) is 6.92 Å². The van der Waals surface area contributed by atoms with Crippen LogP contribution in [0.2, 0.25) is 0 Å². The number of carbonyl (C=O) groups is 1. The van der Waals surface area contributed by atoms with Crippen molar-refractivity contribution >= 4 is 32.4 Å². The number of hydrogen-bond donors (Lipinski definition) is 3. The van der Waals surface area contributed by atoms with Gasteiger partial charge in [-0.1, -0.05) is 24.7 Å². The third-order valence-electron chi connectivity index (χ3n) is 2.11. The highest BCUT2D eigenvalue weighted by atomic mass is 32.2. The first-order valence-corrected chi connectivity index (χ1v) is 8.01. The second-order valence-corrected chi connectivity index (χ2v) is 6.87. The van der Waals surface area contributed by atoms with E-state index in [9.17, 15) is 13.2 Å². The lowest BCUT2D eigenvalue weighted by Gasteiger charge is -2.10. The molecule has 8 nitrogen and oxygen atoms in total. The molecule has 1 heterocycles. The summed E-state index contributed by atoms with van der Waals surface area (Å²) in [5.41, 5.74) is 5.72. The minimum Gasteiger partial charge on any atom is -0.327 e. The number of aromatic nitrogens is 2. The Bertz CT molecular complexity index is 528. The van der Waals surface area contributed by atoms with Gasteiger partial charge in [-0.2, -0.15) is 0 Å². The van der Waals surface area contributed by atoms with Crippen molar-refractivity contribution in [2.24, 2.45) is 5.73 Å². The quantitative estimate of drug-likeness (QED) is 0.604. The van der Waals surface area contributed by atoms with Crippen molar-refractivity contribution in [3.63, 3.8) is 0 Å². The van der Waals surface area contributed by atoms with Crippen LogP contribution in [0.4, 0.5) is 5.13 Å². The number of rotatable bonds is 7. The largest absolute Gasteiger partial charge is 0.327 e. The molecule has 1 aromatic rings. The number of hydrogen-bond acceptors (Lipinski definition) is 7. The van der Waals surface area contributed by atoms with Gasteiger partial charge >= 0.3 is 0 Å². The third kappa shape index (κ3) is 5.19. The van der Waals surface area contributed by atoms with Crippen LogP contribution >= 0.6 is 11.3 Å². The highest BCUT2D eigenvalue weighted by Crippen LogP contribution is 2.19. The zero-order chi connectivity index (χ0) is 14.5. The van der Waals surface area contributed by atoms with Crippen LogP contribution in [0.3, 0.4) is 0 Å². The minimum absolute atomic E-state index is 0.144. The minimum atomic E-state index is -3.73. The molecule has 0 radical (unpaired) electrons. The fourth-order valence-electron chi connectivity index (χ4n) is 1.27. The van der Waals surface area contributed by atoms with E-state index >= 15 is 0 Å². The average Bonchev–Trinajstić information content (AvgIpc) is 2.75. The van der Waals surface area contributed by atoms with Gasteiger partial charge in [-0.3, -0.25) is 4.79 Å². The first kappa shape index (κ1) is 16.0. The molecule has 10 heteroatoms. The molecule has 0 spiro atoms. The first-order chi connectivity index (χ1) is 8.85. The second-order valence-electron chi connectivity index (χ2n) is 3.95. The van der Waals surface area contributed by atoms with Crippen LogP contribution < -0.4 is 15.8 Å². The topological polar surface area (TPSA) is 127 Å². The molecule has 1 aromatic heterocycles. The summed E-state index contributed by atoms with van der Waals surface area (Å²) in [5.74, 6) is -0.335. The molecule has 0 saturated heterocycles. The summed E-state index contributed by atoms with van der Waals surface area (Å²) in [6.45, 7) is 3.42. The lowest BCUT2D eigenvalue weighted by molar-refractivity contribution is -0.114. The summed E-state index contributed by atoms with van der Waals surface area (Å²) < 4.78 is 25.9. The zero-order valence-corrected chi connectivity index (χ0v) is 12.3. The van der Waals surface area contributed by atoms with E-state index in [2.05, 4.69) is 20.2 Å². The lowest BCUT2D eigenvalue weighted by atomic mass is 10.2. The molecule has 19 heavy (non-hydrogen) atoms. The van der Waals surface area contributed by atoms with E-state index in [0.717, 1.165) is 24.2 Å². The lowest BCUT2D eigenvalue weighted by Crippen LogP contribution is -2.37. The van der Waals surface area contributed by atoms with E-state index < -0.39 is 10.0 Å². The normalized spacial score (nSPS) is 13.2. The van der Waals surface area contributed by atoms with Gasteiger partial charge in [0.2, 0.25) is 15.4 Å². The van der Waals surface area contributed by atoms with Crippen LogP contribution in [-0.2, 0) is 14.8 Å². The SMILES string of the molecule is CCCC(N)CNS(=O)(=O)c1nnc(NC(C)=O)s1. The Morgan fingerprint density at radius 3 is 2.74 bits per heavy atom. The van der Waals surface area contributed by atoms with Crippen molar-refractivity contribution in [1.82, 2.24) is 14.9 Å². The molecule has 1 atom stereocenters. The van der Waals surface area contributed by atoms with Crippen molar-refractivity contribution in [2.75, 3.05) is 11.9 Å². The predicted molar refractivity (Wildman–Crippen MR) is 72.3 cm³/mol. The summed E-state index contributed by atoms with van der Waals surface area (Å²) in [7, 11) is -3.73. The number of sulfonamides is 1. The standard InChI is InChI=1S/C9H17N5O3S2/c1-3-4-7(10)5-11-19(16,17)9-14-13-8(18-9)12-6(2)15/h7,11H,3-5,10H2,1-2H3,(H,12,13,15). The van der Waals surface area contributed by atoms with Crippen LogP contribution in [0.15, 0.2) is 4.34 Å². The number of nitrogens with zero attached hydrogens (tertiary/aromatic N) is 2. The molecular weight excluding hydrogens is 290 g/mol. The summed E-state index contributed by atoms with van der Waals surface area (Å²) in [4.78, 5) is 10.8. The van der Waals surface area contributed by atoms with E-state index in [0.29, 0.717) is 0 Å². The van der Waals surface area contributed by atoms with Crippen molar-refractivity contribution < 1.29 is 13.2 Å². The van der Waals surface area contributed by atoms with Gasteiger partial charge in [0.15, 0.2) is 0 Å². The molecule has 0 aliphatic heterocycles. The van der Waals surface area contributed by atoms with Gasteiger partial charge in [0.1, 0.15) is 0 Å². The Morgan fingerprint density at radius 2 is 2.16 bits per heavy atom. The third-order valence-corrected chi connectivity index (χ3v) is 4.74. The van der Waals surface area contributed by atoms with Crippen LogP contribution in [0.1, 0.15) is 26.7 Å². The summed E-state index contributed by atoms with van der Waals surface area (Å²) >= 11 is 0.788. The molecule has 1 unspecified atom stereocenters. The van der Waals surface area contributed by atoms with Gasteiger partial charge in [-0.15, -0.1) is 10.2 Å². The van der Waals surface area contributed by atoms with E-state index in [1.165, 1.54) is 6.92 Å². The zero-order valence-electron chi connectivity index (χ0n) is 10.7. The smallest absolute Gasteiger partial charge is 0.269 e. The summed E-state index contributed by atoms with van der Waals surface area (Å²) in [5, 5.41) is 9.62. The van der Waals surface area contributed by atoms with E-state index in [1.54, 1.807) is 0 Å². The molecule has 1 rings (SSSR count). The van der Waals surface area contributed by atoms with Gasteiger partial charge in [0.05, 0.1) is 0 Å². The Labute approximate surface area is 115 Å². The molecule has 0 aromatic carbocycles. The molecule has 0 bridgehead atoms. The molecule has 0 saturated carbocycles. The Kier molecular flexibility index (Phi) is 5.79. The van der Waals surface area contributed by atoms with E-state index in [-0.39, 0.29) is 28.0 Å². The maximum atomic E-state index is 11.9. The molecule has 0 aliphatic carbocycles. The van der Waals surface area contributed by atoms with E-state index in [4.69, 9.17) is 5.73 Å². The van der Waals surface area contributed by atoms with Crippen LogP contribution in [0, 0.1) is 0 Å². The van der Waals surface area contributed by atoms with Crippen molar-refractivity contribution in [1.29, 1.82) is 0 Å². The van der Waals surface area contributed by atoms with Crippen LogP contribution in [0.25, 0.3) is 0 Å². The molecule has 4 N–H and O–H groups in total. The fraction of sp³-hybridized carbons (Fsp3) is 0.667. The number of nitrogens with two attached hydrogens (primary N) is 1. The van der Waals surface area contributed by atoms with Gasteiger partial charge in [0, 0.05) is 19.5 Å². The Morgan fingerprint density at radius 1 is 1.47 bits per heavy atom. The first-order valence-electron chi connectivity index (χ1n) is 5.71. The van der Waals surface area contributed by atoms with Crippen molar-refractivity contribution in [3.8, 4) is 0 Å². The Hall–Kier alpha value is -1.10. The van der Waals surface area contributed by atoms with Gasteiger partial charge in [-0.05, 0) is 6.42 Å². The average molecular weight is 307 g/mol. The summed E-state index contributed by atoms with van der Waals surface area (Å²) in [6, 6.07) is -0.234. The fourth-order valence-corrected chi connectivity index (χ4v) is 3.35. The molecule has 0 aliphatic rings. The maximum Gasteiger partial charge on any atom is 0.269 e. The van der Waals surface area contributed by atoms with Gasteiger partial charge in [-0.25, -0.2) is 13.1 Å².